The number of amides is 1. The fraction of sp³-hybridized carbons (Fsp3) is 0.429. The number of anilines is 1. The Bertz CT molecular complexity index is 828. The summed E-state index contributed by atoms with van der Waals surface area (Å²) in [5.74, 6) is 1.02. The molecule has 26 heavy (non-hydrogen) atoms. The Kier molecular flexibility index (Phi) is 5.33. The Morgan fingerprint density at radius 3 is 2.73 bits per heavy atom. The number of nitriles is 1. The number of nitrogens with zero attached hydrogens (tertiary/aromatic N) is 1. The molecule has 136 valence electrons. The van der Waals surface area contributed by atoms with E-state index in [1.807, 2.05) is 30.3 Å². The van der Waals surface area contributed by atoms with Crippen LogP contribution in [-0.2, 0) is 17.6 Å². The Labute approximate surface area is 158 Å². The number of hydrogen-bond donors (Lipinski definition) is 1. The van der Waals surface area contributed by atoms with Gasteiger partial charge in [-0.05, 0) is 48.3 Å². The Hall–Kier alpha value is -2.32. The lowest BCUT2D eigenvalue weighted by atomic mass is 9.72. The molecule has 0 saturated carbocycles. The van der Waals surface area contributed by atoms with Gasteiger partial charge in [-0.3, -0.25) is 4.79 Å². The van der Waals surface area contributed by atoms with Gasteiger partial charge >= 0.3 is 0 Å². The van der Waals surface area contributed by atoms with Crippen molar-refractivity contribution < 1.29 is 9.53 Å². The van der Waals surface area contributed by atoms with Crippen molar-refractivity contribution >= 4 is 22.2 Å². The summed E-state index contributed by atoms with van der Waals surface area (Å²) in [6.07, 6.45) is 2.98. The van der Waals surface area contributed by atoms with Crippen LogP contribution in [0.25, 0.3) is 0 Å². The molecule has 0 aliphatic heterocycles. The van der Waals surface area contributed by atoms with Crippen LogP contribution in [0.3, 0.4) is 0 Å². The van der Waals surface area contributed by atoms with Crippen LogP contribution < -0.4 is 10.1 Å². The van der Waals surface area contributed by atoms with E-state index in [4.69, 9.17) is 4.74 Å². The van der Waals surface area contributed by atoms with Gasteiger partial charge in [0.15, 0.2) is 6.61 Å². The summed E-state index contributed by atoms with van der Waals surface area (Å²) in [6.45, 7) is 6.74. The predicted molar refractivity (Wildman–Crippen MR) is 105 cm³/mol. The Morgan fingerprint density at radius 1 is 1.35 bits per heavy atom. The van der Waals surface area contributed by atoms with E-state index in [2.05, 4.69) is 32.2 Å². The molecule has 1 aliphatic rings. The molecule has 1 N–H and O–H groups in total. The van der Waals surface area contributed by atoms with Gasteiger partial charge in [0.25, 0.3) is 5.91 Å². The Balaban J connectivity index is 1.70. The van der Waals surface area contributed by atoms with Crippen LogP contribution in [0.2, 0.25) is 0 Å². The van der Waals surface area contributed by atoms with Gasteiger partial charge in [0.2, 0.25) is 0 Å². The van der Waals surface area contributed by atoms with E-state index in [9.17, 15) is 10.1 Å². The first-order valence-corrected chi connectivity index (χ1v) is 9.72. The summed E-state index contributed by atoms with van der Waals surface area (Å²) in [4.78, 5) is 13.5. The van der Waals surface area contributed by atoms with Crippen LogP contribution in [0.4, 0.5) is 5.00 Å². The highest BCUT2D eigenvalue weighted by Crippen LogP contribution is 2.43. The third-order valence-electron chi connectivity index (χ3n) is 4.97. The van der Waals surface area contributed by atoms with E-state index in [1.165, 1.54) is 4.88 Å². The van der Waals surface area contributed by atoms with Crippen LogP contribution in [0.1, 0.15) is 43.2 Å². The van der Waals surface area contributed by atoms with Crippen LogP contribution in [0.5, 0.6) is 5.75 Å². The number of hydrogen-bond acceptors (Lipinski definition) is 4. The second kappa shape index (κ2) is 7.51. The van der Waals surface area contributed by atoms with Crippen molar-refractivity contribution in [2.75, 3.05) is 11.9 Å². The van der Waals surface area contributed by atoms with Gasteiger partial charge in [0, 0.05) is 4.88 Å². The lowest BCUT2D eigenvalue weighted by molar-refractivity contribution is -0.118. The first kappa shape index (κ1) is 18.5. The van der Waals surface area contributed by atoms with Gasteiger partial charge in [-0.1, -0.05) is 39.0 Å². The molecule has 5 heteroatoms. The fourth-order valence-electron chi connectivity index (χ4n) is 3.36. The van der Waals surface area contributed by atoms with E-state index < -0.39 is 0 Å². The standard InChI is InChI=1S/C21H24N2O2S/c1-21(2,3)14-9-10-16-17(12-22)20(26-18(16)11-14)23-19(24)13-25-15-7-5-4-6-8-15/h4-8,14H,9-11,13H2,1-3H3,(H,23,24)/t14-/m1/s1. The molecule has 1 aromatic heterocycles. The van der Waals surface area contributed by atoms with E-state index in [0.717, 1.165) is 24.8 Å². The molecule has 0 radical (unpaired) electrons. The summed E-state index contributed by atoms with van der Waals surface area (Å²) < 4.78 is 5.49. The summed E-state index contributed by atoms with van der Waals surface area (Å²) in [5, 5.41) is 13.1. The zero-order valence-corrected chi connectivity index (χ0v) is 16.3. The lowest BCUT2D eigenvalue weighted by Gasteiger charge is -2.33. The molecule has 1 amide bonds. The zero-order valence-electron chi connectivity index (χ0n) is 15.5. The van der Waals surface area contributed by atoms with E-state index in [-0.39, 0.29) is 17.9 Å². The minimum absolute atomic E-state index is 0.0674. The van der Waals surface area contributed by atoms with Crippen molar-refractivity contribution in [3.8, 4) is 11.8 Å². The second-order valence-corrected chi connectivity index (χ2v) is 8.88. The van der Waals surface area contributed by atoms with Crippen LogP contribution in [0.15, 0.2) is 30.3 Å². The van der Waals surface area contributed by atoms with Crippen LogP contribution >= 0.6 is 11.3 Å². The zero-order chi connectivity index (χ0) is 18.7. The van der Waals surface area contributed by atoms with Crippen molar-refractivity contribution in [2.45, 2.75) is 40.0 Å². The smallest absolute Gasteiger partial charge is 0.262 e. The number of ether oxygens (including phenoxy) is 1. The maximum Gasteiger partial charge on any atom is 0.262 e. The molecule has 4 nitrogen and oxygen atoms in total. The largest absolute Gasteiger partial charge is 0.484 e. The molecule has 0 saturated heterocycles. The van der Waals surface area contributed by atoms with Crippen molar-refractivity contribution in [1.82, 2.24) is 0 Å². The van der Waals surface area contributed by atoms with Gasteiger partial charge in [-0.15, -0.1) is 11.3 Å². The third kappa shape index (κ3) is 4.08. The molecule has 1 aromatic carbocycles. The van der Waals surface area contributed by atoms with Gasteiger partial charge in [0.05, 0.1) is 5.56 Å². The average molecular weight is 369 g/mol. The molecule has 1 atom stereocenters. The molecular weight excluding hydrogens is 344 g/mol. The molecule has 0 unspecified atom stereocenters. The van der Waals surface area contributed by atoms with Crippen molar-refractivity contribution in [3.05, 3.63) is 46.3 Å². The maximum atomic E-state index is 12.3. The summed E-state index contributed by atoms with van der Waals surface area (Å²) in [6, 6.07) is 11.5. The monoisotopic (exact) mass is 368 g/mol. The Morgan fingerprint density at radius 2 is 2.08 bits per heavy atom. The number of carbonyl (C=O) groups is 1. The molecule has 0 spiro atoms. The molecule has 0 fully saturated rings. The molecule has 2 aromatic rings. The number of thiophene rings is 1. The van der Waals surface area contributed by atoms with Gasteiger partial charge in [-0.25, -0.2) is 0 Å². The van der Waals surface area contributed by atoms with Crippen LogP contribution in [-0.4, -0.2) is 12.5 Å². The lowest BCUT2D eigenvalue weighted by Crippen LogP contribution is -2.26. The summed E-state index contributed by atoms with van der Waals surface area (Å²) in [5.41, 5.74) is 2.00. The summed E-state index contributed by atoms with van der Waals surface area (Å²) >= 11 is 1.55. The minimum Gasteiger partial charge on any atom is -0.484 e. The highest BCUT2D eigenvalue weighted by Gasteiger charge is 2.32. The predicted octanol–water partition coefficient (Wildman–Crippen LogP) is 4.79. The van der Waals surface area contributed by atoms with E-state index >= 15 is 0 Å². The van der Waals surface area contributed by atoms with Crippen molar-refractivity contribution in [2.24, 2.45) is 11.3 Å². The maximum absolute atomic E-state index is 12.3. The van der Waals surface area contributed by atoms with Crippen LogP contribution in [0, 0.1) is 22.7 Å². The molecule has 1 heterocycles. The number of fused-ring (bicyclic) bond motifs is 1. The van der Waals surface area contributed by atoms with Gasteiger partial charge in [0.1, 0.15) is 16.8 Å². The third-order valence-corrected chi connectivity index (χ3v) is 6.14. The topological polar surface area (TPSA) is 62.1 Å². The minimum atomic E-state index is -0.240. The molecular formula is C21H24N2O2S. The number of benzene rings is 1. The fourth-order valence-corrected chi connectivity index (χ4v) is 4.65. The molecule has 3 rings (SSSR count). The molecule has 0 bridgehead atoms. The first-order valence-electron chi connectivity index (χ1n) is 8.91. The highest BCUT2D eigenvalue weighted by molar-refractivity contribution is 7.16. The normalized spacial score (nSPS) is 16.5. The van der Waals surface area contributed by atoms with Crippen molar-refractivity contribution in [1.29, 1.82) is 5.26 Å². The van der Waals surface area contributed by atoms with Gasteiger partial charge < -0.3 is 10.1 Å². The van der Waals surface area contributed by atoms with E-state index in [1.54, 1.807) is 11.3 Å². The average Bonchev–Trinajstić information content (AvgIpc) is 2.96. The quantitative estimate of drug-likeness (QED) is 0.844. The summed E-state index contributed by atoms with van der Waals surface area (Å²) in [7, 11) is 0. The van der Waals surface area contributed by atoms with Crippen molar-refractivity contribution in [3.63, 3.8) is 0 Å². The molecule has 1 aliphatic carbocycles. The number of nitrogens with one attached hydrogen (secondary N) is 1. The number of carbonyl (C=O) groups excluding carboxylic acids is 1. The number of para-hydroxylation sites is 1. The van der Waals surface area contributed by atoms with E-state index in [0.29, 0.717) is 22.2 Å². The number of rotatable bonds is 4. The van der Waals surface area contributed by atoms with Gasteiger partial charge in [-0.2, -0.15) is 5.26 Å². The second-order valence-electron chi connectivity index (χ2n) is 7.78. The first-order chi connectivity index (χ1) is 12.4. The SMILES string of the molecule is CC(C)(C)[C@@H]1CCc2c(sc(NC(=O)COc3ccccc3)c2C#N)C1. The highest BCUT2D eigenvalue weighted by atomic mass is 32.1.